The smallest absolute Gasteiger partial charge is 0.339 e. The van der Waals surface area contributed by atoms with Gasteiger partial charge in [0, 0.05) is 0 Å². The van der Waals surface area contributed by atoms with Crippen LogP contribution in [-0.2, 0) is 24.0 Å². The van der Waals surface area contributed by atoms with Gasteiger partial charge in [-0.1, -0.05) is 41.7 Å². The molecular formula is C10H16Cl3NO5S. The third-order valence-electron chi connectivity index (χ3n) is 3.01. The third kappa shape index (κ3) is 3.69. The monoisotopic (exact) mass is 367 g/mol. The van der Waals surface area contributed by atoms with Crippen LogP contribution in [-0.4, -0.2) is 47.3 Å². The van der Waals surface area contributed by atoms with Crippen LogP contribution < -0.4 is 0 Å². The number of carbonyl (C=O) groups is 1. The van der Waals surface area contributed by atoms with Crippen molar-refractivity contribution in [2.45, 2.75) is 42.6 Å². The zero-order chi connectivity index (χ0) is 15.8. The van der Waals surface area contributed by atoms with Crippen LogP contribution in [0.5, 0.6) is 0 Å². The van der Waals surface area contributed by atoms with E-state index in [9.17, 15) is 13.2 Å². The summed E-state index contributed by atoms with van der Waals surface area (Å²) in [6, 6.07) is -0.526. The molecule has 1 heterocycles. The number of esters is 1. The molecule has 1 aliphatic rings. The van der Waals surface area contributed by atoms with Gasteiger partial charge in [-0.2, -0.15) is 12.7 Å². The Bertz CT molecular complexity index is 478. The molecule has 1 rings (SSSR count). The third-order valence-corrected chi connectivity index (χ3v) is 4.87. The molecule has 6 nitrogen and oxygen atoms in total. The highest BCUT2D eigenvalue weighted by molar-refractivity contribution is 7.84. The van der Waals surface area contributed by atoms with Gasteiger partial charge in [0.1, 0.15) is 12.1 Å². The standard InChI is InChI=1S/C10H16Cl3NO5S/c1-4-7-9(3,8(15)18-5-2)14(7)20(16,17)19-6-10(11,12)13/h7H,4-6H2,1-3H3. The van der Waals surface area contributed by atoms with E-state index in [1.165, 1.54) is 6.92 Å². The number of hydrogen-bond acceptors (Lipinski definition) is 5. The predicted molar refractivity (Wildman–Crippen MR) is 76.1 cm³/mol. The van der Waals surface area contributed by atoms with Crippen LogP contribution in [0, 0.1) is 0 Å². The second-order valence-electron chi connectivity index (χ2n) is 4.42. The highest BCUT2D eigenvalue weighted by Crippen LogP contribution is 2.47. The van der Waals surface area contributed by atoms with Crippen LogP contribution in [0.25, 0.3) is 0 Å². The van der Waals surface area contributed by atoms with Crippen LogP contribution in [0.2, 0.25) is 0 Å². The first-order valence-corrected chi connectivity index (χ1v) is 8.43. The Morgan fingerprint density at radius 1 is 1.35 bits per heavy atom. The molecule has 1 aliphatic heterocycles. The molecule has 0 aromatic carbocycles. The molecule has 1 saturated heterocycles. The molecule has 0 saturated carbocycles. The number of ether oxygens (including phenoxy) is 1. The van der Waals surface area contributed by atoms with Gasteiger partial charge in [0.05, 0.1) is 12.6 Å². The van der Waals surface area contributed by atoms with Crippen LogP contribution in [0.15, 0.2) is 0 Å². The Morgan fingerprint density at radius 2 is 1.90 bits per heavy atom. The number of halogens is 3. The molecule has 0 aliphatic carbocycles. The Hall–Kier alpha value is 0.210. The molecule has 1 fully saturated rings. The summed E-state index contributed by atoms with van der Waals surface area (Å²) < 4.78 is 32.8. The maximum Gasteiger partial charge on any atom is 0.339 e. The lowest BCUT2D eigenvalue weighted by Crippen LogP contribution is -2.33. The molecule has 0 N–H and O–H groups in total. The van der Waals surface area contributed by atoms with Crippen molar-refractivity contribution in [2.24, 2.45) is 0 Å². The SMILES string of the molecule is CCOC(=O)C1(C)C(CC)N1S(=O)(=O)OCC(Cl)(Cl)Cl. The van der Waals surface area contributed by atoms with E-state index >= 15 is 0 Å². The fraction of sp³-hybridized carbons (Fsp3) is 0.900. The van der Waals surface area contributed by atoms with E-state index in [1.807, 2.05) is 0 Å². The van der Waals surface area contributed by atoms with Crippen molar-refractivity contribution < 1.29 is 22.1 Å². The van der Waals surface area contributed by atoms with E-state index in [1.54, 1.807) is 13.8 Å². The second-order valence-corrected chi connectivity index (χ2v) is 8.42. The van der Waals surface area contributed by atoms with Crippen molar-refractivity contribution in [3.8, 4) is 0 Å². The summed E-state index contributed by atoms with van der Waals surface area (Å²) in [6.07, 6.45) is 0.436. The largest absolute Gasteiger partial charge is 0.465 e. The van der Waals surface area contributed by atoms with Gasteiger partial charge >= 0.3 is 16.3 Å². The van der Waals surface area contributed by atoms with Crippen molar-refractivity contribution >= 4 is 51.1 Å². The molecular weight excluding hydrogens is 353 g/mol. The molecule has 20 heavy (non-hydrogen) atoms. The van der Waals surface area contributed by atoms with Crippen molar-refractivity contribution in [3.63, 3.8) is 0 Å². The topological polar surface area (TPSA) is 72.7 Å². The molecule has 0 radical (unpaired) electrons. The van der Waals surface area contributed by atoms with E-state index < -0.39 is 38.3 Å². The van der Waals surface area contributed by atoms with E-state index in [2.05, 4.69) is 4.18 Å². The second kappa shape index (κ2) is 6.14. The predicted octanol–water partition coefficient (Wildman–Crippen LogP) is 2.03. The van der Waals surface area contributed by atoms with Crippen molar-refractivity contribution in [1.82, 2.24) is 4.31 Å². The Kier molecular flexibility index (Phi) is 5.61. The number of carbonyl (C=O) groups excluding carboxylic acids is 1. The highest BCUT2D eigenvalue weighted by Gasteiger charge is 2.70. The molecule has 0 bridgehead atoms. The van der Waals surface area contributed by atoms with Crippen LogP contribution in [0.4, 0.5) is 0 Å². The molecule has 0 spiro atoms. The quantitative estimate of drug-likeness (QED) is 0.407. The minimum Gasteiger partial charge on any atom is -0.465 e. The van der Waals surface area contributed by atoms with Crippen LogP contribution in [0.3, 0.4) is 0 Å². The summed E-state index contributed by atoms with van der Waals surface area (Å²) in [5.74, 6) is -0.618. The van der Waals surface area contributed by atoms with Gasteiger partial charge in [-0.15, -0.1) is 0 Å². The van der Waals surface area contributed by atoms with E-state index in [4.69, 9.17) is 39.5 Å². The van der Waals surface area contributed by atoms with Crippen LogP contribution >= 0.6 is 34.8 Å². The minimum absolute atomic E-state index is 0.160. The van der Waals surface area contributed by atoms with Gasteiger partial charge in [-0.05, 0) is 20.3 Å². The molecule has 0 amide bonds. The van der Waals surface area contributed by atoms with Gasteiger partial charge < -0.3 is 4.74 Å². The first-order chi connectivity index (χ1) is 9.00. The number of alkyl halides is 3. The van der Waals surface area contributed by atoms with Gasteiger partial charge in [0.2, 0.25) is 3.79 Å². The Labute approximate surface area is 133 Å². The highest BCUT2D eigenvalue weighted by atomic mass is 35.6. The van der Waals surface area contributed by atoms with E-state index in [-0.39, 0.29) is 6.61 Å². The Balaban J connectivity index is 2.87. The van der Waals surface area contributed by atoms with Gasteiger partial charge in [-0.3, -0.25) is 4.18 Å². The lowest BCUT2D eigenvalue weighted by Gasteiger charge is -2.14. The number of nitrogens with zero attached hydrogens (tertiary/aromatic N) is 1. The zero-order valence-corrected chi connectivity index (χ0v) is 14.3. The average Bonchev–Trinajstić information content (AvgIpc) is 2.94. The van der Waals surface area contributed by atoms with Crippen molar-refractivity contribution in [3.05, 3.63) is 0 Å². The molecule has 0 aromatic heterocycles. The normalized spacial score (nSPS) is 30.1. The summed E-state index contributed by atoms with van der Waals surface area (Å²) in [4.78, 5) is 11.9. The summed E-state index contributed by atoms with van der Waals surface area (Å²) in [7, 11) is -4.17. The lowest BCUT2D eigenvalue weighted by molar-refractivity contribution is -0.146. The van der Waals surface area contributed by atoms with Crippen molar-refractivity contribution in [1.29, 1.82) is 0 Å². The van der Waals surface area contributed by atoms with Gasteiger partial charge in [-0.25, -0.2) is 4.79 Å². The maximum atomic E-state index is 12.1. The first kappa shape index (κ1) is 18.3. The summed E-state index contributed by atoms with van der Waals surface area (Å²) in [6.45, 7) is 4.41. The Morgan fingerprint density at radius 3 is 2.30 bits per heavy atom. The lowest BCUT2D eigenvalue weighted by atomic mass is 10.1. The molecule has 10 heteroatoms. The summed E-state index contributed by atoms with van der Waals surface area (Å²) in [5, 5.41) is 0. The molecule has 3 unspecified atom stereocenters. The molecule has 3 atom stereocenters. The number of rotatable bonds is 6. The molecule has 118 valence electrons. The summed E-state index contributed by atoms with van der Waals surface area (Å²) in [5.41, 5.74) is -1.27. The first-order valence-electron chi connectivity index (χ1n) is 5.93. The minimum atomic E-state index is -4.17. The average molecular weight is 369 g/mol. The fourth-order valence-electron chi connectivity index (χ4n) is 2.08. The van der Waals surface area contributed by atoms with Crippen LogP contribution in [0.1, 0.15) is 27.2 Å². The maximum absolute atomic E-state index is 12.1. The summed E-state index contributed by atoms with van der Waals surface area (Å²) >= 11 is 16.3. The number of hydrogen-bond donors (Lipinski definition) is 0. The zero-order valence-electron chi connectivity index (χ0n) is 11.2. The molecule has 0 aromatic rings. The van der Waals surface area contributed by atoms with E-state index in [0.29, 0.717) is 6.42 Å². The van der Waals surface area contributed by atoms with E-state index in [0.717, 1.165) is 4.31 Å². The fourth-order valence-corrected chi connectivity index (χ4v) is 4.16. The van der Waals surface area contributed by atoms with Gasteiger partial charge in [0.25, 0.3) is 0 Å². The van der Waals surface area contributed by atoms with Gasteiger partial charge in [0.15, 0.2) is 0 Å². The van der Waals surface area contributed by atoms with Crippen molar-refractivity contribution in [2.75, 3.05) is 13.2 Å².